The van der Waals surface area contributed by atoms with Gasteiger partial charge >= 0.3 is 0 Å². The number of benzene rings is 3. The van der Waals surface area contributed by atoms with Gasteiger partial charge in [0.15, 0.2) is 0 Å². The molecule has 0 radical (unpaired) electrons. The monoisotopic (exact) mass is 522 g/mol. The lowest BCUT2D eigenvalue weighted by Crippen LogP contribution is -2.27. The van der Waals surface area contributed by atoms with Crippen LogP contribution < -0.4 is 4.90 Å². The molecule has 3 aromatic carbocycles. The van der Waals surface area contributed by atoms with Crippen LogP contribution in [0.25, 0.3) is 17.0 Å². The summed E-state index contributed by atoms with van der Waals surface area (Å²) in [5, 5.41) is 1.39. The Balaban J connectivity index is 1.57. The van der Waals surface area contributed by atoms with Gasteiger partial charge in [0.05, 0.1) is 10.6 Å². The quantitative estimate of drug-likeness (QED) is 0.263. The van der Waals surface area contributed by atoms with Crippen LogP contribution in [-0.4, -0.2) is 15.7 Å². The lowest BCUT2D eigenvalue weighted by molar-refractivity contribution is -0.113. The van der Waals surface area contributed by atoms with E-state index in [2.05, 4.69) is 20.5 Å². The SMILES string of the molecule is O=C1S/C(=C\c2cn(Cc3ccccc3Cl)c3ccc(Br)cc23)C(=O)N1c1ccccc1. The number of para-hydroxylation sites is 1. The van der Waals surface area contributed by atoms with E-state index >= 15 is 0 Å². The minimum Gasteiger partial charge on any atom is -0.342 e. The fourth-order valence-corrected chi connectivity index (χ4v) is 5.15. The van der Waals surface area contributed by atoms with Crippen molar-refractivity contribution in [2.75, 3.05) is 4.90 Å². The molecule has 4 aromatic rings. The van der Waals surface area contributed by atoms with E-state index in [1.165, 1.54) is 4.90 Å². The summed E-state index contributed by atoms with van der Waals surface area (Å²) in [4.78, 5) is 27.3. The van der Waals surface area contributed by atoms with E-state index < -0.39 is 0 Å². The molecule has 0 N–H and O–H groups in total. The van der Waals surface area contributed by atoms with Gasteiger partial charge in [-0.15, -0.1) is 0 Å². The van der Waals surface area contributed by atoms with Gasteiger partial charge in [-0.25, -0.2) is 4.90 Å². The van der Waals surface area contributed by atoms with Crippen molar-refractivity contribution in [2.45, 2.75) is 6.54 Å². The number of nitrogens with zero attached hydrogens (tertiary/aromatic N) is 2. The Kier molecular flexibility index (Phi) is 5.67. The number of aromatic nitrogens is 1. The molecule has 0 bridgehead atoms. The van der Waals surface area contributed by atoms with Crippen LogP contribution in [0.3, 0.4) is 0 Å². The van der Waals surface area contributed by atoms with E-state index in [1.54, 1.807) is 18.2 Å². The maximum absolute atomic E-state index is 13.0. The summed E-state index contributed by atoms with van der Waals surface area (Å²) in [7, 11) is 0. The highest BCUT2D eigenvalue weighted by molar-refractivity contribution is 9.10. The second kappa shape index (κ2) is 8.62. The zero-order chi connectivity index (χ0) is 22.2. The van der Waals surface area contributed by atoms with Crippen LogP contribution in [0, 0.1) is 0 Å². The number of carbonyl (C=O) groups excluding carboxylic acids is 2. The standard InChI is InChI=1S/C25H16BrClN2O2S/c26-18-10-11-22-20(13-18)17(15-28(22)14-16-6-4-5-9-21(16)27)12-23-24(30)29(25(31)32-23)19-7-2-1-3-8-19/h1-13,15H,14H2/b23-12-. The minimum absolute atomic E-state index is 0.298. The molecule has 32 heavy (non-hydrogen) atoms. The van der Waals surface area contributed by atoms with Crippen molar-refractivity contribution in [1.82, 2.24) is 4.57 Å². The Morgan fingerprint density at radius 1 is 0.969 bits per heavy atom. The minimum atomic E-state index is -0.312. The number of fused-ring (bicyclic) bond motifs is 1. The molecule has 5 rings (SSSR count). The molecule has 1 aromatic heterocycles. The van der Waals surface area contributed by atoms with Gasteiger partial charge in [-0.1, -0.05) is 63.9 Å². The van der Waals surface area contributed by atoms with E-state index in [9.17, 15) is 9.59 Å². The Bertz CT molecular complexity index is 1400. The maximum atomic E-state index is 13.0. The van der Waals surface area contributed by atoms with Gasteiger partial charge in [-0.05, 0) is 59.8 Å². The number of hydrogen-bond acceptors (Lipinski definition) is 3. The lowest BCUT2D eigenvalue weighted by atomic mass is 10.1. The molecule has 1 fully saturated rings. The first-order valence-corrected chi connectivity index (χ1v) is 11.8. The van der Waals surface area contributed by atoms with Crippen LogP contribution in [-0.2, 0) is 11.3 Å². The largest absolute Gasteiger partial charge is 0.342 e. The Hall–Kier alpha value is -2.80. The van der Waals surface area contributed by atoms with Crippen LogP contribution >= 0.6 is 39.3 Å². The highest BCUT2D eigenvalue weighted by Crippen LogP contribution is 2.37. The van der Waals surface area contributed by atoms with E-state index in [0.717, 1.165) is 38.3 Å². The fourth-order valence-electron chi connectivity index (χ4n) is 3.76. The van der Waals surface area contributed by atoms with Crippen molar-refractivity contribution >= 4 is 73.1 Å². The predicted octanol–water partition coefficient (Wildman–Crippen LogP) is 7.35. The fraction of sp³-hybridized carbons (Fsp3) is 0.0400. The molecule has 0 spiro atoms. The second-order valence-electron chi connectivity index (χ2n) is 7.32. The van der Waals surface area contributed by atoms with E-state index in [1.807, 2.05) is 66.9 Å². The van der Waals surface area contributed by atoms with Crippen molar-refractivity contribution in [3.63, 3.8) is 0 Å². The van der Waals surface area contributed by atoms with Crippen molar-refractivity contribution in [2.24, 2.45) is 0 Å². The molecule has 0 aliphatic carbocycles. The molecule has 1 aliphatic heterocycles. The molecule has 0 saturated carbocycles. The van der Waals surface area contributed by atoms with Crippen LogP contribution in [0.4, 0.5) is 10.5 Å². The molecule has 1 aliphatic rings. The summed E-state index contributed by atoms with van der Waals surface area (Å²) < 4.78 is 3.04. The lowest BCUT2D eigenvalue weighted by Gasteiger charge is -2.11. The van der Waals surface area contributed by atoms with E-state index in [4.69, 9.17) is 11.6 Å². The average molecular weight is 524 g/mol. The summed E-state index contributed by atoms with van der Waals surface area (Å²) in [6.07, 6.45) is 3.79. The Labute approximate surface area is 202 Å². The molecule has 158 valence electrons. The first-order chi connectivity index (χ1) is 15.5. The third kappa shape index (κ3) is 3.90. The van der Waals surface area contributed by atoms with Crippen molar-refractivity contribution in [3.05, 3.63) is 105 Å². The predicted molar refractivity (Wildman–Crippen MR) is 135 cm³/mol. The van der Waals surface area contributed by atoms with Crippen LogP contribution in [0.2, 0.25) is 5.02 Å². The van der Waals surface area contributed by atoms with Gasteiger partial charge < -0.3 is 4.57 Å². The van der Waals surface area contributed by atoms with Gasteiger partial charge in [0, 0.05) is 38.7 Å². The van der Waals surface area contributed by atoms with E-state index in [-0.39, 0.29) is 11.1 Å². The van der Waals surface area contributed by atoms with Crippen molar-refractivity contribution < 1.29 is 9.59 Å². The Morgan fingerprint density at radius 2 is 1.72 bits per heavy atom. The van der Waals surface area contributed by atoms with Crippen molar-refractivity contribution in [3.8, 4) is 0 Å². The molecule has 1 saturated heterocycles. The summed E-state index contributed by atoms with van der Waals surface area (Å²) in [6.45, 7) is 0.594. The molecule has 4 nitrogen and oxygen atoms in total. The number of halogens is 2. The number of imide groups is 1. The average Bonchev–Trinajstić information content (AvgIpc) is 3.26. The Morgan fingerprint density at radius 3 is 2.50 bits per heavy atom. The van der Waals surface area contributed by atoms with Gasteiger partial charge in [0.2, 0.25) is 0 Å². The van der Waals surface area contributed by atoms with Crippen LogP contribution in [0.5, 0.6) is 0 Å². The van der Waals surface area contributed by atoms with Crippen molar-refractivity contribution in [1.29, 1.82) is 0 Å². The first-order valence-electron chi connectivity index (χ1n) is 9.86. The summed E-state index contributed by atoms with van der Waals surface area (Å²) in [5.74, 6) is -0.312. The maximum Gasteiger partial charge on any atom is 0.298 e. The van der Waals surface area contributed by atoms with Crippen LogP contribution in [0.1, 0.15) is 11.1 Å². The molecule has 0 unspecified atom stereocenters. The number of rotatable bonds is 4. The molecule has 7 heteroatoms. The van der Waals surface area contributed by atoms with Gasteiger partial charge in [-0.3, -0.25) is 9.59 Å². The third-order valence-corrected chi connectivity index (χ3v) is 7.00. The van der Waals surface area contributed by atoms with Gasteiger partial charge in [-0.2, -0.15) is 0 Å². The normalized spacial score (nSPS) is 15.3. The molecule has 0 atom stereocenters. The highest BCUT2D eigenvalue weighted by Gasteiger charge is 2.36. The number of carbonyl (C=O) groups is 2. The smallest absolute Gasteiger partial charge is 0.298 e. The zero-order valence-corrected chi connectivity index (χ0v) is 19.8. The highest BCUT2D eigenvalue weighted by atomic mass is 79.9. The molecule has 2 heterocycles. The number of thioether (sulfide) groups is 1. The number of hydrogen-bond donors (Lipinski definition) is 0. The molecular formula is C25H16BrClN2O2S. The number of amides is 2. The summed E-state index contributed by atoms with van der Waals surface area (Å²) >= 11 is 10.9. The topological polar surface area (TPSA) is 42.3 Å². The number of anilines is 1. The third-order valence-electron chi connectivity index (χ3n) is 5.27. The van der Waals surface area contributed by atoms with Gasteiger partial charge in [0.25, 0.3) is 11.1 Å². The zero-order valence-electron chi connectivity index (χ0n) is 16.7. The molecule has 2 amide bonds. The first kappa shape index (κ1) is 21.1. The summed E-state index contributed by atoms with van der Waals surface area (Å²) in [6, 6.07) is 22.8. The molecular weight excluding hydrogens is 508 g/mol. The van der Waals surface area contributed by atoms with Crippen LogP contribution in [0.15, 0.2) is 88.4 Å². The van der Waals surface area contributed by atoms with E-state index in [0.29, 0.717) is 22.2 Å². The second-order valence-corrected chi connectivity index (χ2v) is 9.63. The van der Waals surface area contributed by atoms with Gasteiger partial charge in [0.1, 0.15) is 0 Å². The summed E-state index contributed by atoms with van der Waals surface area (Å²) in [5.41, 5.74) is 3.46.